The molecule has 2 fully saturated rings. The van der Waals surface area contributed by atoms with Gasteiger partial charge in [-0.05, 0) is 43.7 Å². The van der Waals surface area contributed by atoms with E-state index in [1.54, 1.807) is 24.5 Å². The summed E-state index contributed by atoms with van der Waals surface area (Å²) >= 11 is 0. The Morgan fingerprint density at radius 2 is 1.93 bits per heavy atom. The van der Waals surface area contributed by atoms with E-state index in [1.807, 2.05) is 0 Å². The summed E-state index contributed by atoms with van der Waals surface area (Å²) < 4.78 is 21.6. The number of ether oxygens (including phenoxy) is 1. The van der Waals surface area contributed by atoms with Gasteiger partial charge in [-0.3, -0.25) is 4.90 Å². The average molecular weight is 403 g/mol. The van der Waals surface area contributed by atoms with Crippen LogP contribution in [-0.2, 0) is 0 Å². The Bertz CT molecular complexity index is 816. The minimum atomic E-state index is -0.827. The lowest BCUT2D eigenvalue weighted by Gasteiger charge is -2.41. The number of halogens is 1. The third kappa shape index (κ3) is 4.67. The van der Waals surface area contributed by atoms with Crippen molar-refractivity contribution in [1.29, 1.82) is 0 Å². The number of piperazine rings is 1. The molecule has 0 atom stereocenters. The van der Waals surface area contributed by atoms with Gasteiger partial charge in [0.05, 0.1) is 24.7 Å². The highest BCUT2D eigenvalue weighted by Crippen LogP contribution is 2.29. The Balaban J connectivity index is 1.23. The third-order valence-corrected chi connectivity index (χ3v) is 5.99. The fraction of sp³-hybridized carbons (Fsp3) is 0.550. The van der Waals surface area contributed by atoms with Crippen LogP contribution in [0.5, 0.6) is 5.75 Å². The van der Waals surface area contributed by atoms with Gasteiger partial charge in [0.2, 0.25) is 0 Å². The largest absolute Gasteiger partial charge is 0.490 e. The minimum absolute atomic E-state index is 0.265. The Morgan fingerprint density at radius 3 is 2.55 bits per heavy atom. The molecule has 1 aromatic heterocycles. The maximum Gasteiger partial charge on any atom is 0.407 e. The second-order valence-corrected chi connectivity index (χ2v) is 7.75. The lowest BCUT2D eigenvalue weighted by atomic mass is 9.85. The molecular formula is C20H26FN5O3. The second-order valence-electron chi connectivity index (χ2n) is 7.75. The molecule has 1 aromatic carbocycles. The molecule has 2 aliphatic rings. The van der Waals surface area contributed by atoms with E-state index in [1.165, 1.54) is 15.6 Å². The summed E-state index contributed by atoms with van der Waals surface area (Å²) in [4.78, 5) is 14.9. The van der Waals surface area contributed by atoms with Crippen LogP contribution in [0.1, 0.15) is 25.7 Å². The summed E-state index contributed by atoms with van der Waals surface area (Å²) in [5.41, 5.74) is 0.607. The zero-order chi connectivity index (χ0) is 20.2. The number of benzene rings is 1. The molecule has 0 radical (unpaired) electrons. The molecule has 1 amide bonds. The van der Waals surface area contributed by atoms with Gasteiger partial charge in [0.15, 0.2) is 11.6 Å². The molecule has 1 saturated carbocycles. The highest BCUT2D eigenvalue weighted by molar-refractivity contribution is 5.65. The molecule has 2 aromatic rings. The van der Waals surface area contributed by atoms with E-state index in [9.17, 15) is 9.18 Å². The molecule has 4 rings (SSSR count). The quantitative estimate of drug-likeness (QED) is 0.826. The topological polar surface area (TPSA) is 83.7 Å². The predicted molar refractivity (Wildman–Crippen MR) is 104 cm³/mol. The van der Waals surface area contributed by atoms with Gasteiger partial charge in [-0.1, -0.05) is 5.21 Å². The third-order valence-electron chi connectivity index (χ3n) is 5.99. The van der Waals surface area contributed by atoms with Crippen LogP contribution in [0.2, 0.25) is 0 Å². The van der Waals surface area contributed by atoms with E-state index in [0.29, 0.717) is 37.3 Å². The van der Waals surface area contributed by atoms with Crippen LogP contribution in [0.25, 0.3) is 5.69 Å². The lowest BCUT2D eigenvalue weighted by molar-refractivity contribution is 0.0616. The van der Waals surface area contributed by atoms with E-state index >= 15 is 0 Å². The maximum atomic E-state index is 14.4. The minimum Gasteiger partial charge on any atom is -0.490 e. The molecule has 0 unspecified atom stereocenters. The number of amides is 1. The maximum absolute atomic E-state index is 14.4. The van der Waals surface area contributed by atoms with Crippen LogP contribution in [-0.4, -0.2) is 74.8 Å². The number of carbonyl (C=O) groups is 1. The van der Waals surface area contributed by atoms with Crippen molar-refractivity contribution in [2.24, 2.45) is 5.92 Å². The number of hydrogen-bond acceptors (Lipinski definition) is 5. The summed E-state index contributed by atoms with van der Waals surface area (Å²) in [6, 6.07) is 5.32. The van der Waals surface area contributed by atoms with Crippen LogP contribution in [0.15, 0.2) is 30.6 Å². The fourth-order valence-corrected chi connectivity index (χ4v) is 4.26. The van der Waals surface area contributed by atoms with Crippen molar-refractivity contribution in [3.63, 3.8) is 0 Å². The summed E-state index contributed by atoms with van der Waals surface area (Å²) in [6.45, 7) is 3.30. The lowest BCUT2D eigenvalue weighted by Crippen LogP contribution is -2.52. The summed E-state index contributed by atoms with van der Waals surface area (Å²) in [7, 11) is 0. The standard InChI is InChI=1S/C20H26FN5O3/c21-18-13-17(26-8-7-22-23-26)5-6-19(18)29-14-15-1-3-16(4-2-15)24-9-11-25(12-10-24)20(27)28/h5-8,13,15-16H,1-4,9-12,14H2,(H,27,28)/t15-,16-. The van der Waals surface area contributed by atoms with Crippen LogP contribution in [0.4, 0.5) is 9.18 Å². The highest BCUT2D eigenvalue weighted by Gasteiger charge is 2.29. The average Bonchev–Trinajstić information content (AvgIpc) is 3.28. The van der Waals surface area contributed by atoms with Crippen molar-refractivity contribution in [3.8, 4) is 11.4 Å². The Morgan fingerprint density at radius 1 is 1.17 bits per heavy atom. The number of rotatable bonds is 5. The van der Waals surface area contributed by atoms with Crippen LogP contribution < -0.4 is 4.74 Å². The molecule has 0 bridgehead atoms. The van der Waals surface area contributed by atoms with Crippen LogP contribution in [0, 0.1) is 11.7 Å². The summed E-state index contributed by atoms with van der Waals surface area (Å²) in [5.74, 6) is 0.282. The molecule has 1 aliphatic carbocycles. The molecule has 1 N–H and O–H groups in total. The molecule has 2 heterocycles. The van der Waals surface area contributed by atoms with Gasteiger partial charge >= 0.3 is 6.09 Å². The molecule has 1 saturated heterocycles. The zero-order valence-corrected chi connectivity index (χ0v) is 16.3. The van der Waals surface area contributed by atoms with Gasteiger partial charge in [0, 0.05) is 38.3 Å². The van der Waals surface area contributed by atoms with E-state index in [2.05, 4.69) is 15.2 Å². The first-order chi connectivity index (χ1) is 14.1. The van der Waals surface area contributed by atoms with Crippen molar-refractivity contribution in [3.05, 3.63) is 36.4 Å². The summed E-state index contributed by atoms with van der Waals surface area (Å²) in [6.07, 6.45) is 6.63. The number of aromatic nitrogens is 3. The molecular weight excluding hydrogens is 377 g/mol. The number of nitrogens with zero attached hydrogens (tertiary/aromatic N) is 5. The van der Waals surface area contributed by atoms with Crippen LogP contribution >= 0.6 is 0 Å². The second kappa shape index (κ2) is 8.77. The first kappa shape index (κ1) is 19.6. The molecule has 156 valence electrons. The SMILES string of the molecule is O=C(O)N1CCN([C@H]2CC[C@H](COc3ccc(-n4ccnn4)cc3F)CC2)CC1. The van der Waals surface area contributed by atoms with Gasteiger partial charge in [0.25, 0.3) is 0 Å². The molecule has 8 nitrogen and oxygen atoms in total. The first-order valence-electron chi connectivity index (χ1n) is 10.1. The van der Waals surface area contributed by atoms with E-state index in [-0.39, 0.29) is 5.75 Å². The van der Waals surface area contributed by atoms with E-state index in [0.717, 1.165) is 38.8 Å². The zero-order valence-electron chi connectivity index (χ0n) is 16.3. The van der Waals surface area contributed by atoms with Crippen molar-refractivity contribution in [2.45, 2.75) is 31.7 Å². The smallest absolute Gasteiger partial charge is 0.407 e. The van der Waals surface area contributed by atoms with Gasteiger partial charge < -0.3 is 14.7 Å². The monoisotopic (exact) mass is 403 g/mol. The Labute approximate surface area is 168 Å². The Kier molecular flexibility index (Phi) is 5.94. The number of hydrogen-bond donors (Lipinski definition) is 1. The first-order valence-corrected chi connectivity index (χ1v) is 10.1. The molecule has 0 spiro atoms. The molecule has 9 heteroatoms. The van der Waals surface area contributed by atoms with Crippen molar-refractivity contribution in [1.82, 2.24) is 24.8 Å². The number of carboxylic acid groups (broad SMARTS) is 1. The fourth-order valence-electron chi connectivity index (χ4n) is 4.26. The molecule has 29 heavy (non-hydrogen) atoms. The van der Waals surface area contributed by atoms with Gasteiger partial charge in [-0.15, -0.1) is 5.10 Å². The highest BCUT2D eigenvalue weighted by atomic mass is 19.1. The normalized spacial score (nSPS) is 23.1. The van der Waals surface area contributed by atoms with E-state index in [4.69, 9.17) is 9.84 Å². The molecule has 1 aliphatic heterocycles. The predicted octanol–water partition coefficient (Wildman–Crippen LogP) is 2.64. The van der Waals surface area contributed by atoms with Gasteiger partial charge in [0.1, 0.15) is 0 Å². The summed E-state index contributed by atoms with van der Waals surface area (Å²) in [5, 5.41) is 16.7. The van der Waals surface area contributed by atoms with E-state index < -0.39 is 11.9 Å². The van der Waals surface area contributed by atoms with Crippen molar-refractivity contribution in [2.75, 3.05) is 32.8 Å². The van der Waals surface area contributed by atoms with Crippen LogP contribution in [0.3, 0.4) is 0 Å². The van der Waals surface area contributed by atoms with Crippen molar-refractivity contribution < 1.29 is 19.0 Å². The Hall–Kier alpha value is -2.68. The van der Waals surface area contributed by atoms with Gasteiger partial charge in [-0.2, -0.15) is 0 Å². The van der Waals surface area contributed by atoms with Crippen molar-refractivity contribution >= 4 is 6.09 Å². The van der Waals surface area contributed by atoms with Gasteiger partial charge in [-0.25, -0.2) is 13.9 Å².